The van der Waals surface area contributed by atoms with Gasteiger partial charge in [0, 0.05) is 6.42 Å². The predicted molar refractivity (Wildman–Crippen MR) is 69.0 cm³/mol. The highest BCUT2D eigenvalue weighted by atomic mass is 15.4. The van der Waals surface area contributed by atoms with Crippen molar-refractivity contribution >= 4 is 0 Å². The van der Waals surface area contributed by atoms with Crippen LogP contribution in [0.3, 0.4) is 0 Å². The van der Waals surface area contributed by atoms with E-state index in [1.807, 2.05) is 0 Å². The molecule has 1 aliphatic carbocycles. The molecule has 2 rings (SSSR count). The first-order valence-electron chi connectivity index (χ1n) is 6.88. The Labute approximate surface area is 104 Å². The van der Waals surface area contributed by atoms with Gasteiger partial charge in [-0.15, -0.1) is 5.10 Å². The molecule has 0 bridgehead atoms. The van der Waals surface area contributed by atoms with Crippen LogP contribution in [-0.2, 0) is 6.42 Å². The number of hydrogen-bond acceptors (Lipinski definition) is 3. The molecule has 1 aromatic heterocycles. The van der Waals surface area contributed by atoms with Crippen molar-refractivity contribution in [3.05, 3.63) is 11.4 Å². The molecule has 1 aromatic rings. The van der Waals surface area contributed by atoms with Crippen LogP contribution in [0.15, 0.2) is 0 Å². The molecule has 0 aromatic carbocycles. The van der Waals surface area contributed by atoms with Crippen molar-refractivity contribution in [1.29, 1.82) is 0 Å². The van der Waals surface area contributed by atoms with Gasteiger partial charge in [-0.25, -0.2) is 4.68 Å². The Kier molecular flexibility index (Phi) is 4.15. The summed E-state index contributed by atoms with van der Waals surface area (Å²) in [6, 6.07) is 0.570. The second-order valence-corrected chi connectivity index (χ2v) is 5.35. The standard InChI is InChI=1S/C13H24N4/c1-10(2)13-12(8-9-14)15-16-17(13)11-6-4-3-5-7-11/h10-11H,3-9,14H2,1-2H3. The molecule has 0 unspecified atom stereocenters. The van der Waals surface area contributed by atoms with E-state index in [1.165, 1.54) is 37.8 Å². The van der Waals surface area contributed by atoms with Gasteiger partial charge in [-0.05, 0) is 25.3 Å². The van der Waals surface area contributed by atoms with E-state index < -0.39 is 0 Å². The normalized spacial score (nSPS) is 17.9. The van der Waals surface area contributed by atoms with Crippen LogP contribution in [0, 0.1) is 0 Å². The van der Waals surface area contributed by atoms with Gasteiger partial charge in [0.1, 0.15) is 0 Å². The summed E-state index contributed by atoms with van der Waals surface area (Å²) in [5.74, 6) is 0.480. The molecule has 96 valence electrons. The van der Waals surface area contributed by atoms with Crippen LogP contribution in [0.4, 0.5) is 0 Å². The lowest BCUT2D eigenvalue weighted by molar-refractivity contribution is 0.314. The molecule has 0 spiro atoms. The maximum atomic E-state index is 5.64. The topological polar surface area (TPSA) is 56.7 Å². The molecule has 0 radical (unpaired) electrons. The quantitative estimate of drug-likeness (QED) is 0.873. The van der Waals surface area contributed by atoms with Gasteiger partial charge in [0.15, 0.2) is 0 Å². The fourth-order valence-corrected chi connectivity index (χ4v) is 2.84. The maximum Gasteiger partial charge on any atom is 0.0874 e. The number of rotatable bonds is 4. The minimum Gasteiger partial charge on any atom is -0.330 e. The average molecular weight is 236 g/mol. The summed E-state index contributed by atoms with van der Waals surface area (Å²) in [6.07, 6.45) is 7.39. The second kappa shape index (κ2) is 5.63. The first kappa shape index (κ1) is 12.6. The van der Waals surface area contributed by atoms with Crippen molar-refractivity contribution in [2.24, 2.45) is 5.73 Å². The maximum absolute atomic E-state index is 5.64. The van der Waals surface area contributed by atoms with E-state index in [2.05, 4.69) is 28.8 Å². The summed E-state index contributed by atoms with van der Waals surface area (Å²) in [5, 5.41) is 8.73. The molecule has 1 saturated carbocycles. The Hall–Kier alpha value is -0.900. The van der Waals surface area contributed by atoms with E-state index in [-0.39, 0.29) is 0 Å². The molecule has 0 saturated heterocycles. The highest BCUT2D eigenvalue weighted by Gasteiger charge is 2.23. The fourth-order valence-electron chi connectivity index (χ4n) is 2.84. The zero-order valence-corrected chi connectivity index (χ0v) is 11.0. The van der Waals surface area contributed by atoms with Crippen LogP contribution in [0.5, 0.6) is 0 Å². The average Bonchev–Trinajstić information content (AvgIpc) is 2.74. The van der Waals surface area contributed by atoms with Gasteiger partial charge in [0.2, 0.25) is 0 Å². The van der Waals surface area contributed by atoms with Crippen LogP contribution in [0.1, 0.15) is 69.3 Å². The minimum atomic E-state index is 0.480. The smallest absolute Gasteiger partial charge is 0.0874 e. The van der Waals surface area contributed by atoms with E-state index in [4.69, 9.17) is 5.73 Å². The summed E-state index contributed by atoms with van der Waals surface area (Å²) in [7, 11) is 0. The van der Waals surface area contributed by atoms with E-state index >= 15 is 0 Å². The first-order valence-corrected chi connectivity index (χ1v) is 6.88. The summed E-state index contributed by atoms with van der Waals surface area (Å²) >= 11 is 0. The lowest BCUT2D eigenvalue weighted by Crippen LogP contribution is -2.18. The van der Waals surface area contributed by atoms with E-state index in [9.17, 15) is 0 Å². The molecule has 0 amide bonds. The highest BCUT2D eigenvalue weighted by molar-refractivity contribution is 5.15. The van der Waals surface area contributed by atoms with Crippen molar-refractivity contribution in [3.8, 4) is 0 Å². The molecular weight excluding hydrogens is 212 g/mol. The summed E-state index contributed by atoms with van der Waals surface area (Å²) in [5.41, 5.74) is 8.05. The zero-order chi connectivity index (χ0) is 12.3. The summed E-state index contributed by atoms with van der Waals surface area (Å²) < 4.78 is 2.19. The molecule has 1 aliphatic rings. The molecule has 1 heterocycles. The van der Waals surface area contributed by atoms with Gasteiger partial charge >= 0.3 is 0 Å². The van der Waals surface area contributed by atoms with Crippen molar-refractivity contribution in [1.82, 2.24) is 15.0 Å². The summed E-state index contributed by atoms with van der Waals surface area (Å²) in [6.45, 7) is 5.10. The molecular formula is C13H24N4. The zero-order valence-electron chi connectivity index (χ0n) is 11.0. The monoisotopic (exact) mass is 236 g/mol. The Balaban J connectivity index is 2.25. The third-order valence-electron chi connectivity index (χ3n) is 3.65. The van der Waals surface area contributed by atoms with Crippen LogP contribution >= 0.6 is 0 Å². The second-order valence-electron chi connectivity index (χ2n) is 5.35. The van der Waals surface area contributed by atoms with Gasteiger partial charge in [-0.3, -0.25) is 0 Å². The van der Waals surface area contributed by atoms with Gasteiger partial charge in [0.25, 0.3) is 0 Å². The third kappa shape index (κ3) is 2.68. The number of nitrogens with zero attached hydrogens (tertiary/aromatic N) is 3. The van der Waals surface area contributed by atoms with Crippen LogP contribution in [0.25, 0.3) is 0 Å². The first-order chi connectivity index (χ1) is 8.24. The SMILES string of the molecule is CC(C)c1c(CCN)nnn1C1CCCCC1. The van der Waals surface area contributed by atoms with E-state index in [0.717, 1.165) is 12.1 Å². The fraction of sp³-hybridized carbons (Fsp3) is 0.846. The Morgan fingerprint density at radius 3 is 2.59 bits per heavy atom. The minimum absolute atomic E-state index is 0.480. The van der Waals surface area contributed by atoms with Gasteiger partial charge < -0.3 is 5.73 Å². The molecule has 4 heteroatoms. The Morgan fingerprint density at radius 1 is 1.29 bits per heavy atom. The molecule has 1 fully saturated rings. The van der Waals surface area contributed by atoms with Crippen LogP contribution < -0.4 is 5.73 Å². The van der Waals surface area contributed by atoms with Crippen LogP contribution in [-0.4, -0.2) is 21.5 Å². The van der Waals surface area contributed by atoms with E-state index in [0.29, 0.717) is 18.5 Å². The number of aromatic nitrogens is 3. The van der Waals surface area contributed by atoms with Crippen molar-refractivity contribution in [2.45, 2.75) is 64.3 Å². The summed E-state index contributed by atoms with van der Waals surface area (Å²) in [4.78, 5) is 0. The molecule has 4 nitrogen and oxygen atoms in total. The van der Waals surface area contributed by atoms with Crippen LogP contribution in [0.2, 0.25) is 0 Å². The van der Waals surface area contributed by atoms with Crippen molar-refractivity contribution < 1.29 is 0 Å². The highest BCUT2D eigenvalue weighted by Crippen LogP contribution is 2.31. The number of nitrogens with two attached hydrogens (primary N) is 1. The van der Waals surface area contributed by atoms with Crippen molar-refractivity contribution in [2.75, 3.05) is 6.54 Å². The van der Waals surface area contributed by atoms with Crippen molar-refractivity contribution in [3.63, 3.8) is 0 Å². The molecule has 17 heavy (non-hydrogen) atoms. The third-order valence-corrected chi connectivity index (χ3v) is 3.65. The molecule has 0 aliphatic heterocycles. The lowest BCUT2D eigenvalue weighted by Gasteiger charge is -2.24. The molecule has 2 N–H and O–H groups in total. The Morgan fingerprint density at radius 2 is 2.00 bits per heavy atom. The van der Waals surface area contributed by atoms with Gasteiger partial charge in [-0.1, -0.05) is 38.3 Å². The largest absolute Gasteiger partial charge is 0.330 e. The van der Waals surface area contributed by atoms with Gasteiger partial charge in [-0.2, -0.15) is 0 Å². The lowest BCUT2D eigenvalue weighted by atomic mass is 9.94. The van der Waals surface area contributed by atoms with Gasteiger partial charge in [0.05, 0.1) is 17.4 Å². The Bertz CT molecular complexity index is 350. The molecule has 0 atom stereocenters. The van der Waals surface area contributed by atoms with E-state index in [1.54, 1.807) is 0 Å². The number of hydrogen-bond donors (Lipinski definition) is 1. The predicted octanol–water partition coefficient (Wildman–Crippen LogP) is 2.41.